The average molecular weight is 297 g/mol. The maximum absolute atomic E-state index is 12.3. The highest BCUT2D eigenvalue weighted by Gasteiger charge is 2.29. The number of carbonyl (C=O) groups excluding carboxylic acids is 1. The highest BCUT2D eigenvalue weighted by Crippen LogP contribution is 2.23. The third-order valence-corrected chi connectivity index (χ3v) is 4.87. The molecule has 0 aromatic rings. The van der Waals surface area contributed by atoms with Gasteiger partial charge in [-0.2, -0.15) is 0 Å². The van der Waals surface area contributed by atoms with Crippen LogP contribution < -0.4 is 10.6 Å². The Morgan fingerprint density at radius 1 is 1.19 bits per heavy atom. The zero-order valence-electron chi connectivity index (χ0n) is 14.6. The minimum Gasteiger partial charge on any atom is -0.352 e. The van der Waals surface area contributed by atoms with Gasteiger partial charge in [0.2, 0.25) is 5.91 Å². The van der Waals surface area contributed by atoms with E-state index in [0.717, 1.165) is 19.4 Å². The lowest BCUT2D eigenvalue weighted by Crippen LogP contribution is -2.51. The van der Waals surface area contributed by atoms with Crippen molar-refractivity contribution in [2.24, 2.45) is 0 Å². The summed E-state index contributed by atoms with van der Waals surface area (Å²) < 4.78 is 0. The molecule has 21 heavy (non-hydrogen) atoms. The normalized spacial score (nSPS) is 25.6. The van der Waals surface area contributed by atoms with E-state index in [4.69, 9.17) is 0 Å². The summed E-state index contributed by atoms with van der Waals surface area (Å²) in [5.41, 5.74) is 0. The Balaban J connectivity index is 2.40. The molecule has 1 amide bonds. The van der Waals surface area contributed by atoms with Crippen molar-refractivity contribution in [3.05, 3.63) is 0 Å². The molecule has 0 bridgehead atoms. The first-order valence-corrected chi connectivity index (χ1v) is 8.75. The first kappa shape index (κ1) is 18.4. The number of hydrogen-bond acceptors (Lipinski definition) is 3. The van der Waals surface area contributed by atoms with E-state index < -0.39 is 0 Å². The van der Waals surface area contributed by atoms with Gasteiger partial charge in [-0.3, -0.25) is 9.69 Å². The summed E-state index contributed by atoms with van der Waals surface area (Å²) in [6, 6.07) is 1.46. The van der Waals surface area contributed by atoms with Crippen LogP contribution in [0.1, 0.15) is 66.2 Å². The molecule has 0 aromatic heterocycles. The quantitative estimate of drug-likeness (QED) is 0.723. The number of rotatable bonds is 8. The van der Waals surface area contributed by atoms with Crippen molar-refractivity contribution in [3.63, 3.8) is 0 Å². The molecule has 0 radical (unpaired) electrons. The predicted octanol–water partition coefficient (Wildman–Crippen LogP) is 2.53. The number of hydrogen-bond donors (Lipinski definition) is 2. The fourth-order valence-electron chi connectivity index (χ4n) is 3.35. The van der Waals surface area contributed by atoms with Gasteiger partial charge < -0.3 is 10.6 Å². The van der Waals surface area contributed by atoms with E-state index in [0.29, 0.717) is 12.1 Å². The number of likely N-dealkylation sites (N-methyl/N-ethyl adjacent to an activating group) is 1. The second-order valence-corrected chi connectivity index (χ2v) is 6.60. The summed E-state index contributed by atoms with van der Waals surface area (Å²) in [5, 5.41) is 6.67. The molecule has 0 saturated heterocycles. The smallest absolute Gasteiger partial charge is 0.237 e. The third kappa shape index (κ3) is 5.95. The second-order valence-electron chi connectivity index (χ2n) is 6.60. The molecule has 4 heteroatoms. The molecular weight excluding hydrogens is 262 g/mol. The SMILES string of the molecule is CCCC(C)NC(=O)C(C)N(C)C1CCC(NCC)CC1. The molecule has 2 atom stereocenters. The van der Waals surface area contributed by atoms with E-state index in [1.165, 1.54) is 25.7 Å². The standard InChI is InChI=1S/C17H35N3O/c1-6-8-13(3)19-17(21)14(4)20(5)16-11-9-15(10-12-16)18-7-2/h13-16,18H,6-12H2,1-5H3,(H,19,21). The Hall–Kier alpha value is -0.610. The Kier molecular flexibility index (Phi) is 8.27. The topological polar surface area (TPSA) is 44.4 Å². The van der Waals surface area contributed by atoms with Crippen molar-refractivity contribution in [1.82, 2.24) is 15.5 Å². The van der Waals surface area contributed by atoms with Crippen molar-refractivity contribution in [1.29, 1.82) is 0 Å². The van der Waals surface area contributed by atoms with Crippen LogP contribution in [0.15, 0.2) is 0 Å². The Morgan fingerprint density at radius 3 is 2.33 bits per heavy atom. The highest BCUT2D eigenvalue weighted by atomic mass is 16.2. The first-order valence-electron chi connectivity index (χ1n) is 8.75. The van der Waals surface area contributed by atoms with Gasteiger partial charge in [0, 0.05) is 18.1 Å². The van der Waals surface area contributed by atoms with Crippen LogP contribution in [-0.4, -0.2) is 48.6 Å². The minimum atomic E-state index is -0.0370. The van der Waals surface area contributed by atoms with Crippen molar-refractivity contribution in [2.45, 2.75) is 90.4 Å². The van der Waals surface area contributed by atoms with E-state index in [-0.39, 0.29) is 18.0 Å². The molecule has 0 aromatic carbocycles. The van der Waals surface area contributed by atoms with Crippen LogP contribution in [0.5, 0.6) is 0 Å². The third-order valence-electron chi connectivity index (χ3n) is 4.87. The maximum atomic E-state index is 12.3. The summed E-state index contributed by atoms with van der Waals surface area (Å²) in [6.07, 6.45) is 7.00. The largest absolute Gasteiger partial charge is 0.352 e. The van der Waals surface area contributed by atoms with Crippen LogP contribution in [0.25, 0.3) is 0 Å². The van der Waals surface area contributed by atoms with E-state index in [9.17, 15) is 4.79 Å². The molecule has 124 valence electrons. The fourth-order valence-corrected chi connectivity index (χ4v) is 3.35. The van der Waals surface area contributed by atoms with Crippen LogP contribution in [0.2, 0.25) is 0 Å². The summed E-state index contributed by atoms with van der Waals surface area (Å²) in [7, 11) is 2.10. The monoisotopic (exact) mass is 297 g/mol. The van der Waals surface area contributed by atoms with Crippen LogP contribution in [0.3, 0.4) is 0 Å². The van der Waals surface area contributed by atoms with Crippen LogP contribution in [0.4, 0.5) is 0 Å². The zero-order valence-corrected chi connectivity index (χ0v) is 14.6. The number of nitrogens with one attached hydrogen (secondary N) is 2. The molecule has 0 spiro atoms. The molecule has 4 nitrogen and oxygen atoms in total. The summed E-state index contributed by atoms with van der Waals surface area (Å²) in [6.45, 7) is 9.50. The minimum absolute atomic E-state index is 0.0370. The lowest BCUT2D eigenvalue weighted by Gasteiger charge is -2.37. The molecule has 0 aliphatic heterocycles. The molecule has 2 N–H and O–H groups in total. The van der Waals surface area contributed by atoms with Gasteiger partial charge in [-0.05, 0) is 59.5 Å². The van der Waals surface area contributed by atoms with Crippen molar-refractivity contribution in [2.75, 3.05) is 13.6 Å². The van der Waals surface area contributed by atoms with Gasteiger partial charge in [0.1, 0.15) is 0 Å². The lowest BCUT2D eigenvalue weighted by molar-refractivity contribution is -0.127. The summed E-state index contributed by atoms with van der Waals surface area (Å²) in [4.78, 5) is 14.6. The predicted molar refractivity (Wildman–Crippen MR) is 89.5 cm³/mol. The number of amides is 1. The van der Waals surface area contributed by atoms with Crippen molar-refractivity contribution < 1.29 is 4.79 Å². The van der Waals surface area contributed by atoms with Crippen LogP contribution in [-0.2, 0) is 4.79 Å². The second kappa shape index (κ2) is 9.42. The lowest BCUT2D eigenvalue weighted by atomic mass is 9.89. The summed E-state index contributed by atoms with van der Waals surface area (Å²) >= 11 is 0. The van der Waals surface area contributed by atoms with Gasteiger partial charge in [-0.25, -0.2) is 0 Å². The summed E-state index contributed by atoms with van der Waals surface area (Å²) in [5.74, 6) is 0.173. The molecule has 1 rings (SSSR count). The van der Waals surface area contributed by atoms with Gasteiger partial charge in [0.25, 0.3) is 0 Å². The molecule has 2 unspecified atom stereocenters. The molecule has 1 saturated carbocycles. The first-order chi connectivity index (χ1) is 9.99. The van der Waals surface area contributed by atoms with Gasteiger partial charge >= 0.3 is 0 Å². The van der Waals surface area contributed by atoms with Gasteiger partial charge in [0.05, 0.1) is 6.04 Å². The Morgan fingerprint density at radius 2 is 1.81 bits per heavy atom. The zero-order chi connectivity index (χ0) is 15.8. The van der Waals surface area contributed by atoms with Crippen molar-refractivity contribution >= 4 is 5.91 Å². The molecule has 1 aliphatic rings. The average Bonchev–Trinajstić information content (AvgIpc) is 2.47. The van der Waals surface area contributed by atoms with Gasteiger partial charge in [-0.15, -0.1) is 0 Å². The molecule has 1 aliphatic carbocycles. The maximum Gasteiger partial charge on any atom is 0.237 e. The van der Waals surface area contributed by atoms with Crippen molar-refractivity contribution in [3.8, 4) is 0 Å². The molecular formula is C17H35N3O. The van der Waals surface area contributed by atoms with E-state index in [1.54, 1.807) is 0 Å². The molecule has 1 fully saturated rings. The van der Waals surface area contributed by atoms with E-state index in [1.807, 2.05) is 6.92 Å². The van der Waals surface area contributed by atoms with Gasteiger partial charge in [0.15, 0.2) is 0 Å². The highest BCUT2D eigenvalue weighted by molar-refractivity contribution is 5.81. The molecule has 0 heterocycles. The Labute approximate surface area is 131 Å². The Bertz CT molecular complexity index is 300. The van der Waals surface area contributed by atoms with Gasteiger partial charge in [-0.1, -0.05) is 20.3 Å². The van der Waals surface area contributed by atoms with Crippen LogP contribution >= 0.6 is 0 Å². The van der Waals surface area contributed by atoms with E-state index >= 15 is 0 Å². The fraction of sp³-hybridized carbons (Fsp3) is 0.941. The van der Waals surface area contributed by atoms with Crippen LogP contribution in [0, 0.1) is 0 Å². The number of nitrogens with zero attached hydrogens (tertiary/aromatic N) is 1. The van der Waals surface area contributed by atoms with E-state index in [2.05, 4.69) is 43.4 Å². The number of carbonyl (C=O) groups is 1.